The molecule has 1 amide bonds. The first-order valence-corrected chi connectivity index (χ1v) is 8.54. The Morgan fingerprint density at radius 2 is 2.04 bits per heavy atom. The highest BCUT2D eigenvalue weighted by molar-refractivity contribution is 5.86. The molecule has 1 heterocycles. The normalized spacial score (nSPS) is 25.7. The Morgan fingerprint density at radius 1 is 1.24 bits per heavy atom. The number of esters is 1. The minimum Gasteiger partial charge on any atom is -0.485 e. The van der Waals surface area contributed by atoms with Crippen molar-refractivity contribution in [2.75, 3.05) is 13.7 Å². The van der Waals surface area contributed by atoms with Gasteiger partial charge in [0.25, 0.3) is 0 Å². The third-order valence-corrected chi connectivity index (χ3v) is 4.77. The number of carbonyl (C=O) groups excluding carboxylic acids is 2. The minimum atomic E-state index is -0.680. The van der Waals surface area contributed by atoms with Crippen LogP contribution >= 0.6 is 0 Å². The van der Waals surface area contributed by atoms with Crippen molar-refractivity contribution in [1.29, 1.82) is 0 Å². The molecular formula is C19H22FNO4. The summed E-state index contributed by atoms with van der Waals surface area (Å²) in [7, 11) is 1.30. The van der Waals surface area contributed by atoms with E-state index >= 15 is 0 Å². The van der Waals surface area contributed by atoms with Crippen molar-refractivity contribution < 1.29 is 23.5 Å². The van der Waals surface area contributed by atoms with Gasteiger partial charge in [-0.1, -0.05) is 24.3 Å². The molecule has 134 valence electrons. The number of methoxy groups -OCH3 is 1. The van der Waals surface area contributed by atoms with E-state index in [0.717, 1.165) is 12.8 Å². The first-order chi connectivity index (χ1) is 12.1. The number of benzene rings is 1. The Labute approximate surface area is 146 Å². The molecule has 1 saturated heterocycles. The molecule has 0 radical (unpaired) electrons. The SMILES string of the molecule is COC(=O)C1CC(Oc2ccccc2F)CN1C(=O)C1CC=CCC1. The van der Waals surface area contributed by atoms with Gasteiger partial charge in [-0.2, -0.15) is 0 Å². The van der Waals surface area contributed by atoms with E-state index < -0.39 is 23.9 Å². The number of allylic oxidation sites excluding steroid dienone is 2. The summed E-state index contributed by atoms with van der Waals surface area (Å²) in [6.45, 7) is 0.257. The van der Waals surface area contributed by atoms with E-state index in [2.05, 4.69) is 6.08 Å². The first-order valence-electron chi connectivity index (χ1n) is 8.54. The molecule has 1 fully saturated rings. The second-order valence-corrected chi connectivity index (χ2v) is 6.42. The lowest BCUT2D eigenvalue weighted by Gasteiger charge is -2.27. The number of nitrogens with zero attached hydrogens (tertiary/aromatic N) is 1. The molecule has 1 aromatic rings. The van der Waals surface area contributed by atoms with E-state index in [1.165, 1.54) is 13.2 Å². The van der Waals surface area contributed by atoms with Crippen LogP contribution in [0.5, 0.6) is 5.75 Å². The number of halogens is 1. The number of para-hydroxylation sites is 1. The predicted octanol–water partition coefficient (Wildman–Crippen LogP) is 2.70. The maximum atomic E-state index is 13.8. The van der Waals surface area contributed by atoms with Crippen LogP contribution in [0.3, 0.4) is 0 Å². The summed E-state index contributed by atoms with van der Waals surface area (Å²) in [4.78, 5) is 26.5. The number of carbonyl (C=O) groups is 2. The van der Waals surface area contributed by atoms with Gasteiger partial charge >= 0.3 is 5.97 Å². The van der Waals surface area contributed by atoms with Gasteiger partial charge in [-0.3, -0.25) is 4.79 Å². The summed E-state index contributed by atoms with van der Waals surface area (Å²) in [5, 5.41) is 0. The lowest BCUT2D eigenvalue weighted by molar-refractivity contribution is -0.152. The average molecular weight is 347 g/mol. The summed E-state index contributed by atoms with van der Waals surface area (Å²) in [5.74, 6) is -0.964. The van der Waals surface area contributed by atoms with Gasteiger partial charge in [-0.25, -0.2) is 9.18 Å². The summed E-state index contributed by atoms with van der Waals surface area (Å²) >= 11 is 0. The van der Waals surface area contributed by atoms with Crippen molar-refractivity contribution >= 4 is 11.9 Å². The van der Waals surface area contributed by atoms with Crippen molar-refractivity contribution in [2.45, 2.75) is 37.8 Å². The fraction of sp³-hybridized carbons (Fsp3) is 0.474. The fourth-order valence-corrected chi connectivity index (χ4v) is 3.46. The summed E-state index contributed by atoms with van der Waals surface area (Å²) < 4.78 is 24.4. The van der Waals surface area contributed by atoms with E-state index in [-0.39, 0.29) is 24.1 Å². The van der Waals surface area contributed by atoms with E-state index in [0.29, 0.717) is 12.8 Å². The molecule has 5 nitrogen and oxygen atoms in total. The lowest BCUT2D eigenvalue weighted by atomic mass is 9.93. The van der Waals surface area contributed by atoms with E-state index in [4.69, 9.17) is 9.47 Å². The van der Waals surface area contributed by atoms with Gasteiger partial charge in [-0.15, -0.1) is 0 Å². The molecule has 25 heavy (non-hydrogen) atoms. The Hall–Kier alpha value is -2.37. The molecule has 0 N–H and O–H groups in total. The van der Waals surface area contributed by atoms with Crippen LogP contribution in [0.2, 0.25) is 0 Å². The van der Waals surface area contributed by atoms with Crippen molar-refractivity contribution in [3.05, 3.63) is 42.2 Å². The summed E-state index contributed by atoms with van der Waals surface area (Å²) in [6.07, 6.45) is 6.25. The zero-order chi connectivity index (χ0) is 17.8. The molecule has 0 aromatic heterocycles. The molecular weight excluding hydrogens is 325 g/mol. The molecule has 3 unspecified atom stereocenters. The highest BCUT2D eigenvalue weighted by Crippen LogP contribution is 2.29. The second-order valence-electron chi connectivity index (χ2n) is 6.42. The minimum absolute atomic E-state index is 0.0561. The molecule has 1 aliphatic heterocycles. The maximum absolute atomic E-state index is 13.8. The van der Waals surface area contributed by atoms with E-state index in [9.17, 15) is 14.0 Å². The largest absolute Gasteiger partial charge is 0.485 e. The Balaban J connectivity index is 1.74. The number of hydrogen-bond donors (Lipinski definition) is 0. The molecule has 0 bridgehead atoms. The number of ether oxygens (including phenoxy) is 2. The number of hydrogen-bond acceptors (Lipinski definition) is 4. The van der Waals surface area contributed by atoms with Crippen molar-refractivity contribution in [2.24, 2.45) is 5.92 Å². The molecule has 2 aliphatic rings. The van der Waals surface area contributed by atoms with Gasteiger partial charge in [0.15, 0.2) is 11.6 Å². The Morgan fingerprint density at radius 3 is 2.72 bits per heavy atom. The molecule has 3 rings (SSSR count). The highest BCUT2D eigenvalue weighted by Gasteiger charge is 2.43. The third kappa shape index (κ3) is 3.83. The molecule has 6 heteroatoms. The quantitative estimate of drug-likeness (QED) is 0.621. The topological polar surface area (TPSA) is 55.8 Å². The van der Waals surface area contributed by atoms with Crippen LogP contribution in [-0.4, -0.2) is 42.6 Å². The van der Waals surface area contributed by atoms with Crippen LogP contribution in [-0.2, 0) is 14.3 Å². The lowest BCUT2D eigenvalue weighted by Crippen LogP contribution is -2.44. The van der Waals surface area contributed by atoms with Gasteiger partial charge < -0.3 is 14.4 Å². The highest BCUT2D eigenvalue weighted by atomic mass is 19.1. The van der Waals surface area contributed by atoms with Gasteiger partial charge in [0.2, 0.25) is 5.91 Å². The molecule has 0 spiro atoms. The summed E-state index contributed by atoms with van der Waals surface area (Å²) in [6, 6.07) is 5.45. The van der Waals surface area contributed by atoms with E-state index in [1.54, 1.807) is 23.1 Å². The number of rotatable bonds is 4. The van der Waals surface area contributed by atoms with Crippen molar-refractivity contribution in [3.8, 4) is 5.75 Å². The van der Waals surface area contributed by atoms with E-state index in [1.807, 2.05) is 6.08 Å². The van der Waals surface area contributed by atoms with Crippen LogP contribution in [0.4, 0.5) is 4.39 Å². The number of likely N-dealkylation sites (tertiary alicyclic amines) is 1. The number of amides is 1. The van der Waals surface area contributed by atoms with Crippen LogP contribution in [0.25, 0.3) is 0 Å². The van der Waals surface area contributed by atoms with Crippen molar-refractivity contribution in [1.82, 2.24) is 4.90 Å². The average Bonchev–Trinajstić information content (AvgIpc) is 3.07. The predicted molar refractivity (Wildman–Crippen MR) is 89.4 cm³/mol. The molecule has 1 aromatic carbocycles. The smallest absolute Gasteiger partial charge is 0.328 e. The van der Waals surface area contributed by atoms with Crippen LogP contribution in [0, 0.1) is 11.7 Å². The van der Waals surface area contributed by atoms with Gasteiger partial charge in [0, 0.05) is 12.3 Å². The molecule has 3 atom stereocenters. The third-order valence-electron chi connectivity index (χ3n) is 4.77. The van der Waals surface area contributed by atoms with Crippen LogP contribution in [0.15, 0.2) is 36.4 Å². The zero-order valence-electron chi connectivity index (χ0n) is 14.2. The molecule has 0 saturated carbocycles. The second kappa shape index (κ2) is 7.68. The van der Waals surface area contributed by atoms with Crippen molar-refractivity contribution in [3.63, 3.8) is 0 Å². The van der Waals surface area contributed by atoms with Gasteiger partial charge in [0.05, 0.1) is 13.7 Å². The fourth-order valence-electron chi connectivity index (χ4n) is 3.46. The standard InChI is InChI=1S/C19H22FNO4/c1-24-19(23)16-11-14(25-17-10-6-5-9-15(17)20)12-21(16)18(22)13-7-3-2-4-8-13/h2-3,5-6,9-10,13-14,16H,4,7-8,11-12H2,1H3. The Bertz CT molecular complexity index is 675. The van der Waals surface area contributed by atoms with Crippen LogP contribution in [0.1, 0.15) is 25.7 Å². The monoisotopic (exact) mass is 347 g/mol. The molecule has 1 aliphatic carbocycles. The maximum Gasteiger partial charge on any atom is 0.328 e. The summed E-state index contributed by atoms with van der Waals surface area (Å²) in [5.41, 5.74) is 0. The van der Waals surface area contributed by atoms with Crippen LogP contribution < -0.4 is 4.74 Å². The first kappa shape index (κ1) is 17.5. The Kier molecular flexibility index (Phi) is 5.36. The van der Waals surface area contributed by atoms with Gasteiger partial charge in [-0.05, 0) is 31.4 Å². The zero-order valence-corrected chi connectivity index (χ0v) is 14.2. The van der Waals surface area contributed by atoms with Gasteiger partial charge in [0.1, 0.15) is 12.1 Å².